The molecule has 1 saturated heterocycles. The minimum Gasteiger partial charge on any atom is -0.325 e. The summed E-state index contributed by atoms with van der Waals surface area (Å²) in [7, 11) is 0. The molecule has 1 fully saturated rings. The lowest BCUT2D eigenvalue weighted by atomic mass is 9.90. The van der Waals surface area contributed by atoms with E-state index in [9.17, 15) is 4.79 Å². The fraction of sp³-hybridized carbons (Fsp3) is 0.300. The Morgan fingerprint density at radius 2 is 1.75 bits per heavy atom. The quantitative estimate of drug-likeness (QED) is 0.928. The zero-order valence-electron chi connectivity index (χ0n) is 13.6. The lowest BCUT2D eigenvalue weighted by molar-refractivity contribution is 0.182. The van der Waals surface area contributed by atoms with Gasteiger partial charge in [0, 0.05) is 13.1 Å². The molecule has 1 heterocycles. The maximum Gasteiger partial charge on any atom is 0.321 e. The van der Waals surface area contributed by atoms with Crippen LogP contribution in [0.1, 0.15) is 24.0 Å². The van der Waals surface area contributed by atoms with Gasteiger partial charge in [0.1, 0.15) is 6.07 Å². The molecule has 0 atom stereocenters. The molecule has 3 rings (SSSR count). The van der Waals surface area contributed by atoms with E-state index in [-0.39, 0.29) is 6.03 Å². The predicted molar refractivity (Wildman–Crippen MR) is 94.6 cm³/mol. The van der Waals surface area contributed by atoms with Crippen LogP contribution in [-0.4, -0.2) is 24.0 Å². The maximum absolute atomic E-state index is 12.4. The van der Waals surface area contributed by atoms with Crippen LogP contribution < -0.4 is 5.32 Å². The Morgan fingerprint density at radius 1 is 1.08 bits per heavy atom. The summed E-state index contributed by atoms with van der Waals surface area (Å²) in [6.45, 7) is 1.52. The molecule has 1 aliphatic heterocycles. The zero-order valence-corrected chi connectivity index (χ0v) is 13.6. The number of nitriles is 1. The van der Waals surface area contributed by atoms with Crippen LogP contribution in [0.25, 0.3) is 0 Å². The summed E-state index contributed by atoms with van der Waals surface area (Å²) >= 11 is 0. The molecule has 2 aromatic rings. The zero-order chi connectivity index (χ0) is 16.8. The second-order valence-electron chi connectivity index (χ2n) is 6.21. The first-order valence-corrected chi connectivity index (χ1v) is 8.35. The van der Waals surface area contributed by atoms with Crippen molar-refractivity contribution >= 4 is 11.7 Å². The third-order valence-electron chi connectivity index (χ3n) is 4.56. The van der Waals surface area contributed by atoms with Gasteiger partial charge in [0.25, 0.3) is 0 Å². The van der Waals surface area contributed by atoms with E-state index in [2.05, 4.69) is 35.7 Å². The SMILES string of the molecule is N#Cc1ccccc1NC(=O)N1CCC(Cc2ccccc2)CC1. The number of anilines is 1. The number of likely N-dealkylation sites (tertiary alicyclic amines) is 1. The van der Waals surface area contributed by atoms with E-state index in [0.29, 0.717) is 17.2 Å². The smallest absolute Gasteiger partial charge is 0.321 e. The number of para-hydroxylation sites is 1. The normalized spacial score (nSPS) is 14.9. The van der Waals surface area contributed by atoms with Crippen molar-refractivity contribution in [2.75, 3.05) is 18.4 Å². The highest BCUT2D eigenvalue weighted by Crippen LogP contribution is 2.22. The average Bonchev–Trinajstić information content (AvgIpc) is 2.63. The minimum atomic E-state index is -0.115. The summed E-state index contributed by atoms with van der Waals surface area (Å²) in [5.41, 5.74) is 2.43. The standard InChI is InChI=1S/C20H21N3O/c21-15-18-8-4-5-9-19(18)22-20(24)23-12-10-17(11-13-23)14-16-6-2-1-3-7-16/h1-9,17H,10-14H2,(H,22,24). The molecule has 1 N–H and O–H groups in total. The van der Waals surface area contributed by atoms with Gasteiger partial charge in [-0.3, -0.25) is 0 Å². The van der Waals surface area contributed by atoms with Crippen LogP contribution in [-0.2, 0) is 6.42 Å². The van der Waals surface area contributed by atoms with Gasteiger partial charge < -0.3 is 10.2 Å². The van der Waals surface area contributed by atoms with Gasteiger partial charge in [0.15, 0.2) is 0 Å². The van der Waals surface area contributed by atoms with Crippen LogP contribution in [0.15, 0.2) is 54.6 Å². The molecular weight excluding hydrogens is 298 g/mol. The summed E-state index contributed by atoms with van der Waals surface area (Å²) < 4.78 is 0. The number of benzene rings is 2. The van der Waals surface area contributed by atoms with Gasteiger partial charge in [0.2, 0.25) is 0 Å². The van der Waals surface area contributed by atoms with E-state index < -0.39 is 0 Å². The Bertz CT molecular complexity index is 728. The Kier molecular flexibility index (Phi) is 5.12. The number of rotatable bonds is 3. The topological polar surface area (TPSA) is 56.1 Å². The summed E-state index contributed by atoms with van der Waals surface area (Å²) in [4.78, 5) is 14.2. The Hall–Kier alpha value is -2.80. The van der Waals surface area contributed by atoms with Crippen LogP contribution in [0.4, 0.5) is 10.5 Å². The van der Waals surface area contributed by atoms with Crippen LogP contribution in [0.5, 0.6) is 0 Å². The van der Waals surface area contributed by atoms with Crippen LogP contribution in [0.3, 0.4) is 0 Å². The number of nitrogens with zero attached hydrogens (tertiary/aromatic N) is 2. The lowest BCUT2D eigenvalue weighted by Crippen LogP contribution is -2.41. The number of carbonyl (C=O) groups excluding carboxylic acids is 1. The lowest BCUT2D eigenvalue weighted by Gasteiger charge is -2.32. The molecule has 2 amide bonds. The van der Waals surface area contributed by atoms with Crippen molar-refractivity contribution in [1.29, 1.82) is 5.26 Å². The fourth-order valence-corrected chi connectivity index (χ4v) is 3.17. The van der Waals surface area contributed by atoms with Crippen molar-refractivity contribution in [2.45, 2.75) is 19.3 Å². The predicted octanol–water partition coefficient (Wildman–Crippen LogP) is 4.04. The molecule has 2 aromatic carbocycles. The van der Waals surface area contributed by atoms with E-state index in [0.717, 1.165) is 32.4 Å². The molecule has 122 valence electrons. The minimum absolute atomic E-state index is 0.115. The van der Waals surface area contributed by atoms with Crippen molar-refractivity contribution < 1.29 is 4.79 Å². The Labute approximate surface area is 142 Å². The van der Waals surface area contributed by atoms with E-state index in [4.69, 9.17) is 5.26 Å². The molecule has 0 saturated carbocycles. The number of hydrogen-bond acceptors (Lipinski definition) is 2. The van der Waals surface area contributed by atoms with Crippen LogP contribution >= 0.6 is 0 Å². The van der Waals surface area contributed by atoms with E-state index in [1.807, 2.05) is 17.0 Å². The first-order valence-electron chi connectivity index (χ1n) is 8.35. The first kappa shape index (κ1) is 16.1. The van der Waals surface area contributed by atoms with Crippen molar-refractivity contribution in [3.63, 3.8) is 0 Å². The molecule has 0 bridgehead atoms. The number of carbonyl (C=O) groups is 1. The fourth-order valence-electron chi connectivity index (χ4n) is 3.17. The highest BCUT2D eigenvalue weighted by molar-refractivity contribution is 5.90. The summed E-state index contributed by atoms with van der Waals surface area (Å²) in [5, 5.41) is 12.0. The van der Waals surface area contributed by atoms with Crippen molar-refractivity contribution in [1.82, 2.24) is 4.90 Å². The monoisotopic (exact) mass is 319 g/mol. The second-order valence-corrected chi connectivity index (χ2v) is 6.21. The van der Waals surface area contributed by atoms with Gasteiger partial charge >= 0.3 is 6.03 Å². The molecule has 4 heteroatoms. The highest BCUT2D eigenvalue weighted by Gasteiger charge is 2.23. The van der Waals surface area contributed by atoms with Gasteiger partial charge in [-0.05, 0) is 42.9 Å². The molecule has 0 aromatic heterocycles. The molecular formula is C20H21N3O. The molecule has 0 spiro atoms. The number of amides is 2. The molecule has 0 aliphatic carbocycles. The van der Waals surface area contributed by atoms with Crippen molar-refractivity contribution in [3.8, 4) is 6.07 Å². The maximum atomic E-state index is 12.4. The second kappa shape index (κ2) is 7.65. The molecule has 0 unspecified atom stereocenters. The van der Waals surface area contributed by atoms with Gasteiger partial charge in [-0.1, -0.05) is 42.5 Å². The van der Waals surface area contributed by atoms with Crippen LogP contribution in [0, 0.1) is 17.2 Å². The Balaban J connectivity index is 1.53. The molecule has 4 nitrogen and oxygen atoms in total. The third kappa shape index (κ3) is 3.94. The summed E-state index contributed by atoms with van der Waals surface area (Å²) in [5.74, 6) is 0.628. The summed E-state index contributed by atoms with van der Waals surface area (Å²) in [6.07, 6.45) is 3.11. The van der Waals surface area contributed by atoms with Crippen LogP contribution in [0.2, 0.25) is 0 Å². The molecule has 24 heavy (non-hydrogen) atoms. The van der Waals surface area contributed by atoms with Gasteiger partial charge in [-0.2, -0.15) is 5.26 Å². The Morgan fingerprint density at radius 3 is 2.46 bits per heavy atom. The van der Waals surface area contributed by atoms with E-state index >= 15 is 0 Å². The highest BCUT2D eigenvalue weighted by atomic mass is 16.2. The number of piperidine rings is 1. The average molecular weight is 319 g/mol. The number of hydrogen-bond donors (Lipinski definition) is 1. The van der Waals surface area contributed by atoms with Gasteiger partial charge in [0.05, 0.1) is 11.3 Å². The largest absolute Gasteiger partial charge is 0.325 e. The van der Waals surface area contributed by atoms with E-state index in [1.165, 1.54) is 5.56 Å². The molecule has 0 radical (unpaired) electrons. The van der Waals surface area contributed by atoms with Gasteiger partial charge in [-0.15, -0.1) is 0 Å². The van der Waals surface area contributed by atoms with Crippen molar-refractivity contribution in [3.05, 3.63) is 65.7 Å². The number of nitrogens with one attached hydrogen (secondary N) is 1. The van der Waals surface area contributed by atoms with Gasteiger partial charge in [-0.25, -0.2) is 4.79 Å². The summed E-state index contributed by atoms with van der Waals surface area (Å²) in [6, 6.07) is 19.6. The van der Waals surface area contributed by atoms with Crippen molar-refractivity contribution in [2.24, 2.45) is 5.92 Å². The molecule has 1 aliphatic rings. The van der Waals surface area contributed by atoms with E-state index in [1.54, 1.807) is 18.2 Å². The first-order chi connectivity index (χ1) is 11.8. The number of urea groups is 1. The third-order valence-corrected chi connectivity index (χ3v) is 4.56.